The minimum atomic E-state index is -1.12. The average Bonchev–Trinajstić information content (AvgIpc) is 3.04. The summed E-state index contributed by atoms with van der Waals surface area (Å²) in [4.78, 5) is 16.0. The minimum absolute atomic E-state index is 0.250. The number of nitrogens with two attached hydrogens (primary N) is 1. The van der Waals surface area contributed by atoms with Gasteiger partial charge in [-0.15, -0.1) is 0 Å². The van der Waals surface area contributed by atoms with Crippen LogP contribution in [-0.4, -0.2) is 22.2 Å². The number of halogens is 1. The summed E-state index contributed by atoms with van der Waals surface area (Å²) in [6.07, 6.45) is 0. The van der Waals surface area contributed by atoms with Crippen LogP contribution in [0.25, 0.3) is 21.8 Å². The number of aromatic nitrogens is 1. The van der Waals surface area contributed by atoms with Crippen LogP contribution in [0.3, 0.4) is 0 Å². The molecule has 1 aromatic heterocycles. The summed E-state index contributed by atoms with van der Waals surface area (Å²) in [5.74, 6) is 4.46. The van der Waals surface area contributed by atoms with Crippen LogP contribution in [-0.2, 0) is 11.3 Å². The van der Waals surface area contributed by atoms with E-state index < -0.39 is 18.4 Å². The number of hydrogen-bond acceptors (Lipinski definition) is 4. The van der Waals surface area contributed by atoms with Gasteiger partial charge in [0.15, 0.2) is 12.4 Å². The highest BCUT2D eigenvalue weighted by atomic mass is 19.1. The normalized spacial score (nSPS) is 11.1. The number of ether oxygens (including phenoxy) is 1. The van der Waals surface area contributed by atoms with Gasteiger partial charge in [-0.2, -0.15) is 5.90 Å². The summed E-state index contributed by atoms with van der Waals surface area (Å²) < 4.78 is 22.2. The molecule has 3 aromatic carbocycles. The number of carboxylic acid groups (broad SMARTS) is 1. The van der Waals surface area contributed by atoms with E-state index >= 15 is 0 Å². The first-order valence-electron chi connectivity index (χ1n) is 8.59. The maximum absolute atomic E-state index is 14.9. The molecule has 7 heteroatoms. The highest BCUT2D eigenvalue weighted by molar-refractivity contribution is 6.14. The van der Waals surface area contributed by atoms with Gasteiger partial charge in [-0.25, -0.2) is 9.18 Å². The van der Waals surface area contributed by atoms with E-state index in [2.05, 4.69) is 0 Å². The molecule has 0 fully saturated rings. The van der Waals surface area contributed by atoms with Gasteiger partial charge in [0.25, 0.3) is 0 Å². The molecule has 0 unspecified atom stereocenters. The average molecular weight is 380 g/mol. The summed E-state index contributed by atoms with van der Waals surface area (Å²) in [5.41, 5.74) is 1.98. The third kappa shape index (κ3) is 3.01. The van der Waals surface area contributed by atoms with Crippen molar-refractivity contribution in [1.82, 2.24) is 4.57 Å². The number of carbonyl (C=O) groups is 1. The molecule has 0 aliphatic heterocycles. The second-order valence-corrected chi connectivity index (χ2v) is 6.29. The molecule has 0 aliphatic carbocycles. The van der Waals surface area contributed by atoms with E-state index in [-0.39, 0.29) is 5.75 Å². The predicted octanol–water partition coefficient (Wildman–Crippen LogP) is 3.70. The number of benzene rings is 3. The summed E-state index contributed by atoms with van der Waals surface area (Å²) in [5, 5.41) is 9.96. The molecule has 4 aromatic rings. The molecule has 0 saturated heterocycles. The lowest BCUT2D eigenvalue weighted by Gasteiger charge is -2.10. The van der Waals surface area contributed by atoms with Crippen molar-refractivity contribution in [1.29, 1.82) is 0 Å². The van der Waals surface area contributed by atoms with Crippen molar-refractivity contribution < 1.29 is 23.9 Å². The number of rotatable bonds is 6. The summed E-state index contributed by atoms with van der Waals surface area (Å²) in [7, 11) is 0. The molecule has 6 nitrogen and oxygen atoms in total. The van der Waals surface area contributed by atoms with Gasteiger partial charge in [0, 0.05) is 6.54 Å². The van der Waals surface area contributed by atoms with Crippen LogP contribution in [0.15, 0.2) is 60.7 Å². The van der Waals surface area contributed by atoms with E-state index in [0.29, 0.717) is 34.1 Å². The Morgan fingerprint density at radius 2 is 1.79 bits per heavy atom. The summed E-state index contributed by atoms with van der Waals surface area (Å²) in [6.45, 7) is -0.133. The third-order valence-electron chi connectivity index (χ3n) is 4.57. The van der Waals surface area contributed by atoms with Crippen molar-refractivity contribution in [2.45, 2.75) is 6.54 Å². The Balaban J connectivity index is 2.04. The fourth-order valence-corrected chi connectivity index (χ4v) is 3.46. The first-order chi connectivity index (χ1) is 13.6. The molecule has 0 radical (unpaired) electrons. The molecule has 0 spiro atoms. The molecular formula is C21H17FN2O4. The Labute approximate surface area is 159 Å². The van der Waals surface area contributed by atoms with Crippen LogP contribution in [0.1, 0.15) is 5.56 Å². The number of nitrogens with zero attached hydrogens (tertiary/aromatic N) is 1. The predicted molar refractivity (Wildman–Crippen MR) is 103 cm³/mol. The van der Waals surface area contributed by atoms with E-state index in [1.54, 1.807) is 12.1 Å². The lowest BCUT2D eigenvalue weighted by Crippen LogP contribution is -2.09. The highest BCUT2D eigenvalue weighted by Gasteiger charge is 2.22. The molecule has 0 atom stereocenters. The minimum Gasteiger partial charge on any atom is -0.481 e. The standard InChI is InChI=1S/C21H17FN2O4/c22-14-9-10-16(27-12-18(25)26)20-19-15(7-4-8-17(19)28-23)24(21(14)20)11-13-5-2-1-3-6-13/h1-10H,11-12,23H2,(H,25,26). The van der Waals surface area contributed by atoms with Gasteiger partial charge in [-0.3, -0.25) is 0 Å². The zero-order valence-corrected chi connectivity index (χ0v) is 14.8. The fourth-order valence-electron chi connectivity index (χ4n) is 3.46. The monoisotopic (exact) mass is 380 g/mol. The molecule has 1 heterocycles. The summed E-state index contributed by atoms with van der Waals surface area (Å²) in [6, 6.07) is 17.6. The molecule has 28 heavy (non-hydrogen) atoms. The Morgan fingerprint density at radius 3 is 2.50 bits per heavy atom. The zero-order valence-electron chi connectivity index (χ0n) is 14.8. The lowest BCUT2D eigenvalue weighted by molar-refractivity contribution is -0.139. The van der Waals surface area contributed by atoms with Crippen molar-refractivity contribution in [3.8, 4) is 11.5 Å². The third-order valence-corrected chi connectivity index (χ3v) is 4.57. The van der Waals surface area contributed by atoms with Crippen molar-refractivity contribution in [3.63, 3.8) is 0 Å². The van der Waals surface area contributed by atoms with Gasteiger partial charge in [0.1, 0.15) is 11.6 Å². The van der Waals surface area contributed by atoms with Crippen LogP contribution in [0.2, 0.25) is 0 Å². The van der Waals surface area contributed by atoms with E-state index in [9.17, 15) is 9.18 Å². The topological polar surface area (TPSA) is 86.7 Å². The Morgan fingerprint density at radius 1 is 1.00 bits per heavy atom. The van der Waals surface area contributed by atoms with E-state index in [1.807, 2.05) is 41.0 Å². The van der Waals surface area contributed by atoms with Crippen LogP contribution in [0, 0.1) is 5.82 Å². The zero-order chi connectivity index (χ0) is 19.7. The Kier molecular flexibility index (Phi) is 4.58. The van der Waals surface area contributed by atoms with Gasteiger partial charge in [-0.05, 0) is 29.8 Å². The summed E-state index contributed by atoms with van der Waals surface area (Å²) >= 11 is 0. The largest absolute Gasteiger partial charge is 0.481 e. The number of fused-ring (bicyclic) bond motifs is 3. The van der Waals surface area contributed by atoms with Gasteiger partial charge in [0.2, 0.25) is 0 Å². The van der Waals surface area contributed by atoms with Crippen molar-refractivity contribution in [3.05, 3.63) is 72.0 Å². The first-order valence-corrected chi connectivity index (χ1v) is 8.59. The maximum Gasteiger partial charge on any atom is 0.341 e. The van der Waals surface area contributed by atoms with Crippen molar-refractivity contribution >= 4 is 27.8 Å². The highest BCUT2D eigenvalue weighted by Crippen LogP contribution is 2.41. The second kappa shape index (κ2) is 7.21. The lowest BCUT2D eigenvalue weighted by atomic mass is 10.1. The van der Waals surface area contributed by atoms with E-state index in [4.69, 9.17) is 20.6 Å². The van der Waals surface area contributed by atoms with Gasteiger partial charge in [-0.1, -0.05) is 36.4 Å². The molecule has 142 valence electrons. The smallest absolute Gasteiger partial charge is 0.341 e. The number of aliphatic carboxylic acids is 1. The van der Waals surface area contributed by atoms with Crippen LogP contribution in [0.4, 0.5) is 4.39 Å². The molecule has 4 rings (SSSR count). The second-order valence-electron chi connectivity index (χ2n) is 6.29. The van der Waals surface area contributed by atoms with Gasteiger partial charge < -0.3 is 19.2 Å². The van der Waals surface area contributed by atoms with Crippen LogP contribution >= 0.6 is 0 Å². The van der Waals surface area contributed by atoms with Gasteiger partial charge in [0.05, 0.1) is 21.8 Å². The molecule has 0 saturated carbocycles. The fraction of sp³-hybridized carbons (Fsp3) is 0.0952. The Bertz CT molecular complexity index is 1170. The molecular weight excluding hydrogens is 363 g/mol. The molecule has 3 N–H and O–H groups in total. The van der Waals surface area contributed by atoms with Crippen LogP contribution < -0.4 is 15.5 Å². The maximum atomic E-state index is 14.9. The van der Waals surface area contributed by atoms with Crippen molar-refractivity contribution in [2.24, 2.45) is 5.90 Å². The Hall–Kier alpha value is -3.58. The number of carboxylic acids is 1. The van der Waals surface area contributed by atoms with Crippen LogP contribution in [0.5, 0.6) is 11.5 Å². The van der Waals surface area contributed by atoms with Crippen molar-refractivity contribution in [2.75, 3.05) is 6.61 Å². The molecule has 0 aliphatic rings. The quantitative estimate of drug-likeness (QED) is 0.498. The first kappa shape index (κ1) is 17.8. The van der Waals surface area contributed by atoms with E-state index in [0.717, 1.165) is 5.56 Å². The van der Waals surface area contributed by atoms with Gasteiger partial charge >= 0.3 is 5.97 Å². The molecule has 0 bridgehead atoms. The SMILES string of the molecule is NOc1cccc2c1c1c(OCC(=O)O)ccc(F)c1n2Cc1ccccc1. The van der Waals surface area contributed by atoms with E-state index in [1.165, 1.54) is 12.1 Å². The molecule has 0 amide bonds. The number of hydrogen-bond donors (Lipinski definition) is 2.